The molecule has 0 aliphatic carbocycles. The highest BCUT2D eigenvalue weighted by Gasteiger charge is 2.14. The Morgan fingerprint density at radius 2 is 1.61 bits per heavy atom. The van der Waals surface area contributed by atoms with Crippen molar-refractivity contribution < 1.29 is 9.59 Å². The van der Waals surface area contributed by atoms with Crippen molar-refractivity contribution >= 4 is 17.5 Å². The van der Waals surface area contributed by atoms with Crippen LogP contribution in [0.3, 0.4) is 0 Å². The highest BCUT2D eigenvalue weighted by Crippen LogP contribution is 2.15. The lowest BCUT2D eigenvalue weighted by Crippen LogP contribution is -2.25. The summed E-state index contributed by atoms with van der Waals surface area (Å²) in [5.74, 6) is -0.855. The molecule has 138 valence electrons. The van der Waals surface area contributed by atoms with Crippen LogP contribution in [0.5, 0.6) is 0 Å². The molecule has 3 aromatic rings. The van der Waals surface area contributed by atoms with E-state index in [4.69, 9.17) is 5.26 Å². The standard InChI is InChI=1S/C22H18N4O2/c1-15-7-2-3-9-17(15)14-24-21(27)19-11-6-12-20(25-19)22(28)26-18-10-5-4-8-16(18)13-23/h2-12H,14H2,1H3,(H,24,27)(H,26,28). The highest BCUT2D eigenvalue weighted by atomic mass is 16.2. The first-order valence-electron chi connectivity index (χ1n) is 8.68. The van der Waals surface area contributed by atoms with E-state index in [-0.39, 0.29) is 17.3 Å². The number of nitrogens with one attached hydrogen (secondary N) is 2. The van der Waals surface area contributed by atoms with Crippen LogP contribution in [0, 0.1) is 18.3 Å². The predicted molar refractivity (Wildman–Crippen MR) is 106 cm³/mol. The topological polar surface area (TPSA) is 94.9 Å². The number of nitriles is 1. The van der Waals surface area contributed by atoms with Gasteiger partial charge in [0.2, 0.25) is 0 Å². The lowest BCUT2D eigenvalue weighted by atomic mass is 10.1. The number of aromatic nitrogens is 1. The average molecular weight is 370 g/mol. The van der Waals surface area contributed by atoms with Gasteiger partial charge in [-0.3, -0.25) is 9.59 Å². The van der Waals surface area contributed by atoms with Crippen molar-refractivity contribution in [2.24, 2.45) is 0 Å². The lowest BCUT2D eigenvalue weighted by molar-refractivity contribution is 0.0945. The van der Waals surface area contributed by atoms with Gasteiger partial charge in [-0.15, -0.1) is 0 Å². The Hall–Kier alpha value is -3.98. The lowest BCUT2D eigenvalue weighted by Gasteiger charge is -2.09. The number of hydrogen-bond acceptors (Lipinski definition) is 4. The summed E-state index contributed by atoms with van der Waals surface area (Å²) in [5, 5.41) is 14.6. The summed E-state index contributed by atoms with van der Waals surface area (Å²) in [5.41, 5.74) is 3.08. The normalized spacial score (nSPS) is 10.0. The van der Waals surface area contributed by atoms with Crippen molar-refractivity contribution in [3.05, 3.63) is 94.8 Å². The molecule has 0 fully saturated rings. The molecular formula is C22H18N4O2. The quantitative estimate of drug-likeness (QED) is 0.719. The second-order valence-corrected chi connectivity index (χ2v) is 6.13. The molecule has 0 radical (unpaired) electrons. The van der Waals surface area contributed by atoms with E-state index in [9.17, 15) is 9.59 Å². The minimum absolute atomic E-state index is 0.0938. The Labute approximate surface area is 162 Å². The highest BCUT2D eigenvalue weighted by molar-refractivity contribution is 6.04. The van der Waals surface area contributed by atoms with Gasteiger partial charge in [0.1, 0.15) is 17.5 Å². The Kier molecular flexibility index (Phi) is 5.78. The molecule has 6 nitrogen and oxygen atoms in total. The van der Waals surface area contributed by atoms with E-state index in [0.29, 0.717) is 17.8 Å². The molecule has 1 aromatic heterocycles. The monoisotopic (exact) mass is 370 g/mol. The molecule has 0 bridgehead atoms. The molecule has 0 spiro atoms. The minimum atomic E-state index is -0.490. The van der Waals surface area contributed by atoms with E-state index in [2.05, 4.69) is 15.6 Å². The number of amides is 2. The zero-order valence-electron chi connectivity index (χ0n) is 15.3. The molecule has 0 saturated heterocycles. The van der Waals surface area contributed by atoms with Crippen LogP contribution in [0.4, 0.5) is 5.69 Å². The van der Waals surface area contributed by atoms with Crippen molar-refractivity contribution in [1.29, 1.82) is 5.26 Å². The van der Waals surface area contributed by atoms with Crippen LogP contribution in [0.1, 0.15) is 37.7 Å². The number of para-hydroxylation sites is 1. The van der Waals surface area contributed by atoms with Gasteiger partial charge in [-0.25, -0.2) is 4.98 Å². The largest absolute Gasteiger partial charge is 0.347 e. The Morgan fingerprint density at radius 1 is 0.929 bits per heavy atom. The van der Waals surface area contributed by atoms with Crippen molar-refractivity contribution in [1.82, 2.24) is 10.3 Å². The third kappa shape index (κ3) is 4.40. The van der Waals surface area contributed by atoms with Crippen LogP contribution in [0.15, 0.2) is 66.7 Å². The first kappa shape index (κ1) is 18.8. The van der Waals surface area contributed by atoms with Crippen LogP contribution >= 0.6 is 0 Å². The van der Waals surface area contributed by atoms with Gasteiger partial charge < -0.3 is 10.6 Å². The van der Waals surface area contributed by atoms with Crippen LogP contribution in [-0.2, 0) is 6.54 Å². The van der Waals surface area contributed by atoms with Gasteiger partial charge in [0.15, 0.2) is 0 Å². The maximum absolute atomic E-state index is 12.5. The third-order valence-electron chi connectivity index (χ3n) is 4.21. The molecule has 6 heteroatoms. The Bertz CT molecular complexity index is 1070. The summed E-state index contributed by atoms with van der Waals surface area (Å²) in [6, 6.07) is 21.1. The van der Waals surface area contributed by atoms with Gasteiger partial charge in [0, 0.05) is 6.54 Å². The SMILES string of the molecule is Cc1ccccc1CNC(=O)c1cccc(C(=O)Nc2ccccc2C#N)n1. The van der Waals surface area contributed by atoms with E-state index in [1.807, 2.05) is 37.3 Å². The molecule has 0 aliphatic rings. The van der Waals surface area contributed by atoms with Crippen molar-refractivity contribution in [2.45, 2.75) is 13.5 Å². The summed E-state index contributed by atoms with van der Waals surface area (Å²) in [7, 11) is 0. The molecule has 2 N–H and O–H groups in total. The summed E-state index contributed by atoms with van der Waals surface area (Å²) in [6.45, 7) is 2.35. The van der Waals surface area contributed by atoms with Gasteiger partial charge in [-0.2, -0.15) is 5.26 Å². The number of aryl methyl sites for hydroxylation is 1. The number of rotatable bonds is 5. The van der Waals surface area contributed by atoms with Crippen LogP contribution in [0.25, 0.3) is 0 Å². The van der Waals surface area contributed by atoms with Crippen molar-refractivity contribution in [3.8, 4) is 6.07 Å². The molecule has 0 saturated carbocycles. The summed E-state index contributed by atoms with van der Waals surface area (Å²) < 4.78 is 0. The van der Waals surface area contributed by atoms with E-state index >= 15 is 0 Å². The average Bonchev–Trinajstić information content (AvgIpc) is 2.73. The fraction of sp³-hybridized carbons (Fsp3) is 0.0909. The fourth-order valence-electron chi connectivity index (χ4n) is 2.64. The first-order valence-corrected chi connectivity index (χ1v) is 8.68. The molecule has 3 rings (SSSR count). The smallest absolute Gasteiger partial charge is 0.274 e. The molecule has 2 aromatic carbocycles. The Balaban J connectivity index is 1.71. The minimum Gasteiger partial charge on any atom is -0.347 e. The maximum Gasteiger partial charge on any atom is 0.274 e. The summed E-state index contributed by atoms with van der Waals surface area (Å²) in [4.78, 5) is 29.0. The van der Waals surface area contributed by atoms with Gasteiger partial charge in [-0.05, 0) is 42.3 Å². The number of hydrogen-bond donors (Lipinski definition) is 2. The second-order valence-electron chi connectivity index (χ2n) is 6.13. The zero-order valence-corrected chi connectivity index (χ0v) is 15.3. The molecule has 2 amide bonds. The van der Waals surface area contributed by atoms with E-state index in [0.717, 1.165) is 11.1 Å². The number of pyridine rings is 1. The molecule has 0 atom stereocenters. The van der Waals surface area contributed by atoms with E-state index < -0.39 is 5.91 Å². The van der Waals surface area contributed by atoms with Crippen molar-refractivity contribution in [3.63, 3.8) is 0 Å². The van der Waals surface area contributed by atoms with E-state index in [1.54, 1.807) is 36.4 Å². The number of benzene rings is 2. The predicted octanol–water partition coefficient (Wildman–Crippen LogP) is 3.44. The summed E-state index contributed by atoms with van der Waals surface area (Å²) in [6.07, 6.45) is 0. The third-order valence-corrected chi connectivity index (χ3v) is 4.21. The Morgan fingerprint density at radius 3 is 2.36 bits per heavy atom. The van der Waals surface area contributed by atoms with Gasteiger partial charge in [0.05, 0.1) is 11.3 Å². The van der Waals surface area contributed by atoms with Gasteiger partial charge in [-0.1, -0.05) is 42.5 Å². The maximum atomic E-state index is 12.5. The molecule has 1 heterocycles. The second kappa shape index (κ2) is 8.60. The summed E-state index contributed by atoms with van der Waals surface area (Å²) >= 11 is 0. The van der Waals surface area contributed by atoms with Crippen molar-refractivity contribution in [2.75, 3.05) is 5.32 Å². The van der Waals surface area contributed by atoms with Crippen LogP contribution < -0.4 is 10.6 Å². The van der Waals surface area contributed by atoms with Gasteiger partial charge >= 0.3 is 0 Å². The van der Waals surface area contributed by atoms with Crippen LogP contribution in [0.2, 0.25) is 0 Å². The molecule has 0 unspecified atom stereocenters. The first-order chi connectivity index (χ1) is 13.6. The molecule has 0 aliphatic heterocycles. The zero-order chi connectivity index (χ0) is 19.9. The number of anilines is 1. The molecular weight excluding hydrogens is 352 g/mol. The number of carbonyl (C=O) groups is 2. The van der Waals surface area contributed by atoms with Crippen LogP contribution in [-0.4, -0.2) is 16.8 Å². The number of nitrogens with zero attached hydrogens (tertiary/aromatic N) is 2. The van der Waals surface area contributed by atoms with E-state index in [1.165, 1.54) is 6.07 Å². The number of carbonyl (C=O) groups excluding carboxylic acids is 2. The molecule has 28 heavy (non-hydrogen) atoms. The fourth-order valence-corrected chi connectivity index (χ4v) is 2.64. The van der Waals surface area contributed by atoms with Gasteiger partial charge in [0.25, 0.3) is 11.8 Å².